The van der Waals surface area contributed by atoms with Gasteiger partial charge in [0.2, 0.25) is 0 Å². The van der Waals surface area contributed by atoms with Gasteiger partial charge in [-0.15, -0.1) is 0 Å². The maximum absolute atomic E-state index is 11.2. The van der Waals surface area contributed by atoms with Gasteiger partial charge >= 0.3 is 17.9 Å². The lowest BCUT2D eigenvalue weighted by molar-refractivity contribution is -0.141. The Hall–Kier alpha value is -1.79. The Balaban J connectivity index is 3.02. The molecule has 0 spiro atoms. The second kappa shape index (κ2) is 11.0. The molecule has 5 N–H and O–H groups in total. The first kappa shape index (κ1) is 22.3. The number of aliphatic hydroxyl groups is 1. The van der Waals surface area contributed by atoms with Crippen LogP contribution >= 0.6 is 0 Å². The Morgan fingerprint density at radius 1 is 0.923 bits per heavy atom. The maximum atomic E-state index is 11.2. The number of aliphatic hydroxyl groups excluding tert-OH is 1. The van der Waals surface area contributed by atoms with Crippen LogP contribution in [-0.2, 0) is 14.4 Å². The molecule has 11 nitrogen and oxygen atoms in total. The molecule has 0 bridgehead atoms. The summed E-state index contributed by atoms with van der Waals surface area (Å²) in [7, 11) is 1.57. The van der Waals surface area contributed by atoms with Gasteiger partial charge in [-0.3, -0.25) is 34.4 Å². The molecule has 0 saturated carbocycles. The van der Waals surface area contributed by atoms with E-state index in [4.69, 9.17) is 10.2 Å². The number of hydrogen-bond donors (Lipinski definition) is 5. The van der Waals surface area contributed by atoms with Crippen LogP contribution in [0.4, 0.5) is 0 Å². The lowest BCUT2D eigenvalue weighted by atomic mass is 10.1. The van der Waals surface area contributed by atoms with Crippen LogP contribution in [0.15, 0.2) is 0 Å². The van der Waals surface area contributed by atoms with E-state index in [-0.39, 0.29) is 32.6 Å². The quantitative estimate of drug-likeness (QED) is 0.270. The summed E-state index contributed by atoms with van der Waals surface area (Å²) < 4.78 is 0. The average Bonchev–Trinajstić information content (AvgIpc) is 2.59. The van der Waals surface area contributed by atoms with Gasteiger partial charge in [-0.25, -0.2) is 0 Å². The fourth-order valence-electron chi connectivity index (χ4n) is 3.02. The molecule has 150 valence electrons. The van der Waals surface area contributed by atoms with Crippen molar-refractivity contribution in [1.82, 2.24) is 20.0 Å². The number of carboxylic acids is 3. The van der Waals surface area contributed by atoms with Crippen molar-refractivity contribution in [2.45, 2.75) is 18.7 Å². The molecule has 2 unspecified atom stereocenters. The highest BCUT2D eigenvalue weighted by Crippen LogP contribution is 2.12. The molecular weight excluding hydrogens is 348 g/mol. The van der Waals surface area contributed by atoms with Crippen molar-refractivity contribution >= 4 is 17.9 Å². The van der Waals surface area contributed by atoms with Crippen molar-refractivity contribution in [3.8, 4) is 0 Å². The second-order valence-electron chi connectivity index (χ2n) is 6.36. The van der Waals surface area contributed by atoms with Crippen molar-refractivity contribution in [2.75, 3.05) is 59.4 Å². The molecule has 0 aliphatic carbocycles. The van der Waals surface area contributed by atoms with Gasteiger partial charge in [-0.1, -0.05) is 0 Å². The van der Waals surface area contributed by atoms with Crippen LogP contribution in [0.3, 0.4) is 0 Å². The predicted octanol–water partition coefficient (Wildman–Crippen LogP) is -2.54. The summed E-state index contributed by atoms with van der Waals surface area (Å²) in [6.45, 7) is 0.893. The van der Waals surface area contributed by atoms with Gasteiger partial charge in [0.1, 0.15) is 6.23 Å². The van der Waals surface area contributed by atoms with Gasteiger partial charge in [-0.05, 0) is 7.05 Å². The summed E-state index contributed by atoms with van der Waals surface area (Å²) >= 11 is 0. The standard InChI is InChI=1S/C15H28N4O7/c1-16-12(20)6-11-7-18(9-14(23)24)3-2-17(8-13(21)22)4-5-19(11)10-15(25)26/h11-12,16,20H,2-10H2,1H3,(H,21,22)(H,23,24)(H,25,26). The molecule has 1 heterocycles. The van der Waals surface area contributed by atoms with E-state index in [1.807, 2.05) is 0 Å². The maximum Gasteiger partial charge on any atom is 0.317 e. The Labute approximate surface area is 151 Å². The third-order valence-electron chi connectivity index (χ3n) is 4.31. The highest BCUT2D eigenvalue weighted by molar-refractivity contribution is 5.70. The van der Waals surface area contributed by atoms with Crippen LogP contribution < -0.4 is 5.32 Å². The molecular formula is C15H28N4O7. The first-order valence-corrected chi connectivity index (χ1v) is 8.40. The number of carbonyl (C=O) groups is 3. The van der Waals surface area contributed by atoms with Crippen molar-refractivity contribution in [1.29, 1.82) is 0 Å². The molecule has 1 rings (SSSR count). The summed E-state index contributed by atoms with van der Waals surface area (Å²) in [5, 5.41) is 39.9. The number of carboxylic acid groups (broad SMARTS) is 3. The van der Waals surface area contributed by atoms with Gasteiger partial charge in [-0.2, -0.15) is 0 Å². The Morgan fingerprint density at radius 2 is 1.42 bits per heavy atom. The Kier molecular flexibility index (Phi) is 9.44. The highest BCUT2D eigenvalue weighted by atomic mass is 16.4. The molecule has 1 aliphatic heterocycles. The topological polar surface area (TPSA) is 154 Å². The zero-order valence-electron chi connectivity index (χ0n) is 14.9. The van der Waals surface area contributed by atoms with Crippen LogP contribution in [0.2, 0.25) is 0 Å². The van der Waals surface area contributed by atoms with E-state index in [9.17, 15) is 24.6 Å². The number of aliphatic carboxylic acids is 3. The minimum atomic E-state index is -1.04. The number of hydrogen-bond acceptors (Lipinski definition) is 8. The molecule has 0 amide bonds. The summed E-state index contributed by atoms with van der Waals surface area (Å²) in [5.41, 5.74) is 0. The lowest BCUT2D eigenvalue weighted by Crippen LogP contribution is -2.50. The van der Waals surface area contributed by atoms with Crippen LogP contribution in [0.1, 0.15) is 6.42 Å². The average molecular weight is 376 g/mol. The normalized spacial score (nSPS) is 22.2. The van der Waals surface area contributed by atoms with Crippen molar-refractivity contribution in [3.63, 3.8) is 0 Å². The SMILES string of the molecule is CNC(O)CC1CN(CC(=O)O)CCN(CC(=O)O)CCN1CC(=O)O. The monoisotopic (exact) mass is 376 g/mol. The first-order chi connectivity index (χ1) is 12.2. The number of nitrogens with one attached hydrogen (secondary N) is 1. The van der Waals surface area contributed by atoms with Crippen molar-refractivity contribution < 1.29 is 34.8 Å². The highest BCUT2D eigenvalue weighted by Gasteiger charge is 2.28. The van der Waals surface area contributed by atoms with Gasteiger partial charge in [0.05, 0.1) is 19.6 Å². The molecule has 11 heteroatoms. The van der Waals surface area contributed by atoms with Gasteiger partial charge in [0, 0.05) is 45.2 Å². The van der Waals surface area contributed by atoms with E-state index in [0.29, 0.717) is 26.2 Å². The molecule has 1 aliphatic rings. The fraction of sp³-hybridized carbons (Fsp3) is 0.800. The summed E-state index contributed by atoms with van der Waals surface area (Å²) in [4.78, 5) is 38.3. The van der Waals surface area contributed by atoms with Gasteiger partial charge < -0.3 is 20.4 Å². The fourth-order valence-corrected chi connectivity index (χ4v) is 3.02. The molecule has 2 atom stereocenters. The first-order valence-electron chi connectivity index (χ1n) is 8.40. The molecule has 26 heavy (non-hydrogen) atoms. The molecule has 0 radical (unpaired) electrons. The number of rotatable bonds is 9. The van der Waals surface area contributed by atoms with Crippen LogP contribution in [0.25, 0.3) is 0 Å². The Morgan fingerprint density at radius 3 is 1.96 bits per heavy atom. The lowest BCUT2D eigenvalue weighted by Gasteiger charge is -2.34. The molecule has 0 aromatic heterocycles. The third kappa shape index (κ3) is 8.54. The van der Waals surface area contributed by atoms with Gasteiger partial charge in [0.25, 0.3) is 0 Å². The molecule has 0 aromatic rings. The zero-order chi connectivity index (χ0) is 19.7. The minimum absolute atomic E-state index is 0.203. The summed E-state index contributed by atoms with van der Waals surface area (Å²) in [6.07, 6.45) is -0.641. The van der Waals surface area contributed by atoms with Crippen LogP contribution in [0, 0.1) is 0 Å². The molecule has 1 saturated heterocycles. The predicted molar refractivity (Wildman–Crippen MR) is 90.8 cm³/mol. The van der Waals surface area contributed by atoms with E-state index in [0.717, 1.165) is 0 Å². The van der Waals surface area contributed by atoms with E-state index in [1.165, 1.54) is 0 Å². The molecule has 0 aromatic carbocycles. The van der Waals surface area contributed by atoms with Crippen molar-refractivity contribution in [3.05, 3.63) is 0 Å². The summed E-state index contributed by atoms with van der Waals surface area (Å²) in [5.74, 6) is -3.06. The molecule has 1 fully saturated rings. The van der Waals surface area contributed by atoms with Crippen LogP contribution in [0.5, 0.6) is 0 Å². The van der Waals surface area contributed by atoms with E-state index in [1.54, 1.807) is 21.7 Å². The van der Waals surface area contributed by atoms with Gasteiger partial charge in [0.15, 0.2) is 0 Å². The van der Waals surface area contributed by atoms with Crippen molar-refractivity contribution in [2.24, 2.45) is 0 Å². The Bertz CT molecular complexity index is 491. The third-order valence-corrected chi connectivity index (χ3v) is 4.31. The second-order valence-corrected chi connectivity index (χ2v) is 6.36. The smallest absolute Gasteiger partial charge is 0.317 e. The zero-order valence-corrected chi connectivity index (χ0v) is 14.9. The largest absolute Gasteiger partial charge is 0.480 e. The van der Waals surface area contributed by atoms with Crippen LogP contribution in [-0.4, -0.2) is 125 Å². The van der Waals surface area contributed by atoms with E-state index >= 15 is 0 Å². The minimum Gasteiger partial charge on any atom is -0.480 e. The van der Waals surface area contributed by atoms with E-state index in [2.05, 4.69) is 5.32 Å². The summed E-state index contributed by atoms with van der Waals surface area (Å²) in [6, 6.07) is -0.391. The van der Waals surface area contributed by atoms with E-state index < -0.39 is 30.2 Å². The number of nitrogens with zero attached hydrogens (tertiary/aromatic N) is 3.